The van der Waals surface area contributed by atoms with Crippen LogP contribution in [-0.2, 0) is 6.42 Å². The SMILES string of the molecule is COc1cc(OC)cc(OCCN2CCc3ccc(N)cc32)c1. The van der Waals surface area contributed by atoms with E-state index in [1.54, 1.807) is 14.2 Å². The highest BCUT2D eigenvalue weighted by atomic mass is 16.5. The second-order valence-corrected chi connectivity index (χ2v) is 5.52. The summed E-state index contributed by atoms with van der Waals surface area (Å²) in [5, 5.41) is 0. The van der Waals surface area contributed by atoms with Crippen LogP contribution in [0.3, 0.4) is 0 Å². The van der Waals surface area contributed by atoms with Crippen LogP contribution in [0.4, 0.5) is 11.4 Å². The fourth-order valence-electron chi connectivity index (χ4n) is 2.83. The molecule has 0 fully saturated rings. The van der Waals surface area contributed by atoms with Gasteiger partial charge < -0.3 is 24.8 Å². The number of hydrogen-bond donors (Lipinski definition) is 1. The largest absolute Gasteiger partial charge is 0.496 e. The fourth-order valence-corrected chi connectivity index (χ4v) is 2.83. The molecule has 0 aliphatic carbocycles. The fraction of sp³-hybridized carbons (Fsp3) is 0.333. The molecule has 1 heterocycles. The van der Waals surface area contributed by atoms with Gasteiger partial charge in [-0.1, -0.05) is 6.07 Å². The first-order chi connectivity index (χ1) is 11.2. The molecule has 0 bridgehead atoms. The Hall–Kier alpha value is -2.56. The van der Waals surface area contributed by atoms with Gasteiger partial charge in [0.05, 0.1) is 20.8 Å². The molecule has 0 saturated carbocycles. The van der Waals surface area contributed by atoms with Crippen molar-refractivity contribution in [2.45, 2.75) is 6.42 Å². The van der Waals surface area contributed by atoms with Crippen molar-refractivity contribution >= 4 is 11.4 Å². The van der Waals surface area contributed by atoms with Crippen molar-refractivity contribution in [2.24, 2.45) is 0 Å². The number of ether oxygens (including phenoxy) is 3. The van der Waals surface area contributed by atoms with Crippen LogP contribution >= 0.6 is 0 Å². The molecule has 2 aromatic rings. The number of nitrogens with zero attached hydrogens (tertiary/aromatic N) is 1. The Balaban J connectivity index is 1.62. The van der Waals surface area contributed by atoms with E-state index in [0.29, 0.717) is 6.61 Å². The lowest BCUT2D eigenvalue weighted by Crippen LogP contribution is -2.26. The van der Waals surface area contributed by atoms with Crippen LogP contribution in [0.1, 0.15) is 5.56 Å². The van der Waals surface area contributed by atoms with E-state index in [0.717, 1.165) is 42.4 Å². The van der Waals surface area contributed by atoms with E-state index in [4.69, 9.17) is 19.9 Å². The molecule has 0 unspecified atom stereocenters. The lowest BCUT2D eigenvalue weighted by molar-refractivity contribution is 0.317. The number of benzene rings is 2. The third-order valence-corrected chi connectivity index (χ3v) is 4.06. The molecule has 2 N–H and O–H groups in total. The van der Waals surface area contributed by atoms with Crippen LogP contribution in [0.2, 0.25) is 0 Å². The standard InChI is InChI=1S/C18H22N2O3/c1-21-15-10-16(22-2)12-17(11-15)23-8-7-20-6-5-13-3-4-14(19)9-18(13)20/h3-4,9-12H,5-8,19H2,1-2H3. The summed E-state index contributed by atoms with van der Waals surface area (Å²) in [5.41, 5.74) is 9.26. The maximum Gasteiger partial charge on any atom is 0.126 e. The first-order valence-electron chi connectivity index (χ1n) is 7.69. The number of hydrogen-bond acceptors (Lipinski definition) is 5. The van der Waals surface area contributed by atoms with Gasteiger partial charge in [-0.2, -0.15) is 0 Å². The van der Waals surface area contributed by atoms with Crippen molar-refractivity contribution in [1.29, 1.82) is 0 Å². The number of anilines is 2. The number of nitrogens with two attached hydrogens (primary N) is 1. The summed E-state index contributed by atoms with van der Waals surface area (Å²) in [7, 11) is 3.26. The van der Waals surface area contributed by atoms with Crippen LogP contribution in [0.15, 0.2) is 36.4 Å². The average Bonchev–Trinajstić information content (AvgIpc) is 2.96. The summed E-state index contributed by atoms with van der Waals surface area (Å²) in [6.45, 7) is 2.41. The van der Waals surface area contributed by atoms with Gasteiger partial charge in [0.15, 0.2) is 0 Å². The Morgan fingerprint density at radius 2 is 1.70 bits per heavy atom. The summed E-state index contributed by atoms with van der Waals surface area (Å²) >= 11 is 0. The molecule has 23 heavy (non-hydrogen) atoms. The first-order valence-corrected chi connectivity index (χ1v) is 7.69. The van der Waals surface area contributed by atoms with Gasteiger partial charge in [-0.3, -0.25) is 0 Å². The van der Waals surface area contributed by atoms with Crippen LogP contribution in [-0.4, -0.2) is 33.9 Å². The molecule has 1 aliphatic rings. The third kappa shape index (κ3) is 3.44. The van der Waals surface area contributed by atoms with Gasteiger partial charge in [0.2, 0.25) is 0 Å². The number of fused-ring (bicyclic) bond motifs is 1. The second-order valence-electron chi connectivity index (χ2n) is 5.52. The van der Waals surface area contributed by atoms with Crippen molar-refractivity contribution < 1.29 is 14.2 Å². The van der Waals surface area contributed by atoms with Crippen LogP contribution in [0, 0.1) is 0 Å². The molecule has 5 nitrogen and oxygen atoms in total. The highest BCUT2D eigenvalue weighted by molar-refractivity contribution is 5.64. The molecule has 122 valence electrons. The zero-order chi connectivity index (χ0) is 16.2. The predicted molar refractivity (Wildman–Crippen MR) is 91.8 cm³/mol. The molecular weight excluding hydrogens is 292 g/mol. The number of rotatable bonds is 6. The minimum atomic E-state index is 0.588. The van der Waals surface area contributed by atoms with Crippen molar-refractivity contribution in [3.63, 3.8) is 0 Å². The average molecular weight is 314 g/mol. The lowest BCUT2D eigenvalue weighted by Gasteiger charge is -2.20. The second kappa shape index (κ2) is 6.69. The maximum absolute atomic E-state index is 5.89. The molecule has 0 saturated heterocycles. The van der Waals surface area contributed by atoms with Gasteiger partial charge in [0.1, 0.15) is 23.9 Å². The summed E-state index contributed by atoms with van der Waals surface area (Å²) < 4.78 is 16.4. The van der Waals surface area contributed by atoms with Gasteiger partial charge >= 0.3 is 0 Å². The monoisotopic (exact) mass is 314 g/mol. The molecule has 1 aliphatic heterocycles. The Morgan fingerprint density at radius 3 is 2.39 bits per heavy atom. The maximum atomic E-state index is 5.89. The van der Waals surface area contributed by atoms with Crippen molar-refractivity contribution in [1.82, 2.24) is 0 Å². The van der Waals surface area contributed by atoms with Crippen molar-refractivity contribution in [2.75, 3.05) is 44.5 Å². The Kier molecular flexibility index (Phi) is 4.46. The Morgan fingerprint density at radius 1 is 1.00 bits per heavy atom. The summed E-state index contributed by atoms with van der Waals surface area (Å²) in [4.78, 5) is 2.31. The molecule has 0 radical (unpaired) electrons. The molecule has 0 spiro atoms. The number of nitrogen functional groups attached to an aromatic ring is 1. The van der Waals surface area contributed by atoms with Crippen LogP contribution < -0.4 is 24.8 Å². The predicted octanol–water partition coefficient (Wildman–Crippen LogP) is 2.73. The quantitative estimate of drug-likeness (QED) is 0.831. The highest BCUT2D eigenvalue weighted by Gasteiger charge is 2.18. The van der Waals surface area contributed by atoms with E-state index in [2.05, 4.69) is 11.0 Å². The van der Waals surface area contributed by atoms with E-state index in [-0.39, 0.29) is 0 Å². The molecule has 5 heteroatoms. The Bertz CT molecular complexity index is 666. The smallest absolute Gasteiger partial charge is 0.126 e. The van der Waals surface area contributed by atoms with Crippen LogP contribution in [0.25, 0.3) is 0 Å². The van der Waals surface area contributed by atoms with Gasteiger partial charge in [-0.05, 0) is 24.1 Å². The lowest BCUT2D eigenvalue weighted by atomic mass is 10.1. The van der Waals surface area contributed by atoms with E-state index < -0.39 is 0 Å². The van der Waals surface area contributed by atoms with Gasteiger partial charge in [0.25, 0.3) is 0 Å². The third-order valence-electron chi connectivity index (χ3n) is 4.06. The normalized spacial score (nSPS) is 12.9. The summed E-state index contributed by atoms with van der Waals surface area (Å²) in [6.07, 6.45) is 1.06. The van der Waals surface area contributed by atoms with E-state index in [1.165, 1.54) is 11.3 Å². The van der Waals surface area contributed by atoms with Gasteiger partial charge in [0, 0.05) is 36.1 Å². The molecule has 0 atom stereocenters. The van der Waals surface area contributed by atoms with Gasteiger partial charge in [-0.15, -0.1) is 0 Å². The van der Waals surface area contributed by atoms with Crippen molar-refractivity contribution in [3.8, 4) is 17.2 Å². The summed E-state index contributed by atoms with van der Waals surface area (Å²) in [5.74, 6) is 2.19. The number of methoxy groups -OCH3 is 2. The van der Waals surface area contributed by atoms with Crippen molar-refractivity contribution in [3.05, 3.63) is 42.0 Å². The zero-order valence-corrected chi connectivity index (χ0v) is 13.5. The highest BCUT2D eigenvalue weighted by Crippen LogP contribution is 2.30. The van der Waals surface area contributed by atoms with E-state index >= 15 is 0 Å². The topological polar surface area (TPSA) is 57.0 Å². The van der Waals surface area contributed by atoms with Gasteiger partial charge in [-0.25, -0.2) is 0 Å². The first kappa shape index (κ1) is 15.3. The summed E-state index contributed by atoms with van der Waals surface area (Å²) in [6, 6.07) is 11.7. The van der Waals surface area contributed by atoms with E-state index in [9.17, 15) is 0 Å². The molecule has 3 rings (SSSR count). The molecule has 0 aromatic heterocycles. The van der Waals surface area contributed by atoms with Crippen LogP contribution in [0.5, 0.6) is 17.2 Å². The Labute approximate surface area is 136 Å². The molecule has 0 amide bonds. The zero-order valence-electron chi connectivity index (χ0n) is 13.5. The molecule has 2 aromatic carbocycles. The minimum absolute atomic E-state index is 0.588. The molecular formula is C18H22N2O3. The van der Waals surface area contributed by atoms with E-state index in [1.807, 2.05) is 30.3 Å². The minimum Gasteiger partial charge on any atom is -0.496 e.